The molecule has 2 atom stereocenters. The lowest BCUT2D eigenvalue weighted by atomic mass is 9.72. The van der Waals surface area contributed by atoms with Crippen LogP contribution in [0.25, 0.3) is 0 Å². The molecule has 2 rings (SSSR count). The van der Waals surface area contributed by atoms with Crippen LogP contribution in [0.4, 0.5) is 0 Å². The Bertz CT molecular complexity index is 515. The summed E-state index contributed by atoms with van der Waals surface area (Å²) in [5.74, 6) is -3.89. The zero-order valence-electron chi connectivity index (χ0n) is 12.1. The van der Waals surface area contributed by atoms with Crippen LogP contribution in [0.5, 0.6) is 0 Å². The largest absolute Gasteiger partial charge is 0.466 e. The van der Waals surface area contributed by atoms with E-state index in [0.29, 0.717) is 0 Å². The van der Waals surface area contributed by atoms with Gasteiger partial charge >= 0.3 is 11.9 Å². The number of hydrogen-bond acceptors (Lipinski definition) is 7. The Morgan fingerprint density at radius 3 is 2.71 bits per heavy atom. The standard InChI is InChI=1S/C13H17NO7/c1-4-20-11(17)12-5-6-21-13(12,19-3)14-9(15)7-8(12)10(16)18-2/h7H,4-6H2,1-3H3,(H,14,15)/t12-,13-/m1/s1. The van der Waals surface area contributed by atoms with E-state index >= 15 is 0 Å². The zero-order chi connectivity index (χ0) is 15.7. The first-order valence-corrected chi connectivity index (χ1v) is 6.46. The van der Waals surface area contributed by atoms with Crippen LogP contribution in [-0.2, 0) is 33.3 Å². The summed E-state index contributed by atoms with van der Waals surface area (Å²) in [5, 5.41) is 2.46. The van der Waals surface area contributed by atoms with Gasteiger partial charge in [0.15, 0.2) is 5.41 Å². The van der Waals surface area contributed by atoms with Crippen molar-refractivity contribution in [3.63, 3.8) is 0 Å². The summed E-state index contributed by atoms with van der Waals surface area (Å²) in [6.45, 7) is 1.87. The van der Waals surface area contributed by atoms with E-state index in [1.165, 1.54) is 14.2 Å². The normalized spacial score (nSPS) is 31.0. The molecule has 0 unspecified atom stereocenters. The molecule has 1 saturated heterocycles. The van der Waals surface area contributed by atoms with Gasteiger partial charge in [0.2, 0.25) is 5.91 Å². The van der Waals surface area contributed by atoms with Gasteiger partial charge in [0.05, 0.1) is 25.9 Å². The molecule has 0 aliphatic carbocycles. The highest BCUT2D eigenvalue weighted by atomic mass is 16.7. The van der Waals surface area contributed by atoms with E-state index in [1.54, 1.807) is 6.92 Å². The van der Waals surface area contributed by atoms with Crippen molar-refractivity contribution in [2.24, 2.45) is 5.41 Å². The number of nitrogens with one attached hydrogen (secondary N) is 1. The van der Waals surface area contributed by atoms with Gasteiger partial charge in [0.1, 0.15) is 0 Å². The van der Waals surface area contributed by atoms with E-state index < -0.39 is 29.2 Å². The fraction of sp³-hybridized carbons (Fsp3) is 0.615. The van der Waals surface area contributed by atoms with Crippen molar-refractivity contribution in [3.8, 4) is 0 Å². The third kappa shape index (κ3) is 2.02. The van der Waals surface area contributed by atoms with Gasteiger partial charge in [-0.15, -0.1) is 0 Å². The topological polar surface area (TPSA) is 100 Å². The SMILES string of the molecule is CCOC(=O)[C@]12CCO[C@@]1(OC)NC(=O)C=C2C(=O)OC. The Morgan fingerprint density at radius 2 is 2.14 bits per heavy atom. The van der Waals surface area contributed by atoms with Crippen LogP contribution >= 0.6 is 0 Å². The minimum Gasteiger partial charge on any atom is -0.466 e. The summed E-state index contributed by atoms with van der Waals surface area (Å²) in [7, 11) is 2.44. The number of hydrogen-bond donors (Lipinski definition) is 1. The molecule has 21 heavy (non-hydrogen) atoms. The van der Waals surface area contributed by atoms with Crippen LogP contribution in [0.2, 0.25) is 0 Å². The number of methoxy groups -OCH3 is 2. The summed E-state index contributed by atoms with van der Waals surface area (Å²) < 4.78 is 20.5. The van der Waals surface area contributed by atoms with Gasteiger partial charge in [-0.2, -0.15) is 0 Å². The predicted molar refractivity (Wildman–Crippen MR) is 67.6 cm³/mol. The Kier molecular flexibility index (Phi) is 4.02. The molecule has 116 valence electrons. The van der Waals surface area contributed by atoms with Crippen LogP contribution in [-0.4, -0.2) is 51.2 Å². The fourth-order valence-electron chi connectivity index (χ4n) is 2.77. The number of ether oxygens (including phenoxy) is 4. The van der Waals surface area contributed by atoms with Crippen molar-refractivity contribution in [3.05, 3.63) is 11.6 Å². The van der Waals surface area contributed by atoms with Gasteiger partial charge in [0, 0.05) is 13.2 Å². The third-order valence-corrected chi connectivity index (χ3v) is 3.68. The molecule has 0 bridgehead atoms. The number of fused-ring (bicyclic) bond motifs is 1. The second-order valence-corrected chi connectivity index (χ2v) is 4.58. The van der Waals surface area contributed by atoms with Crippen molar-refractivity contribution < 1.29 is 33.3 Å². The first-order chi connectivity index (χ1) is 9.97. The summed E-state index contributed by atoms with van der Waals surface area (Å²) in [5.41, 5.74) is -1.72. The summed E-state index contributed by atoms with van der Waals surface area (Å²) >= 11 is 0. The van der Waals surface area contributed by atoms with Crippen molar-refractivity contribution in [2.75, 3.05) is 27.4 Å². The van der Waals surface area contributed by atoms with Crippen LogP contribution in [0.15, 0.2) is 11.6 Å². The van der Waals surface area contributed by atoms with Gasteiger partial charge in [-0.05, 0) is 13.3 Å². The van der Waals surface area contributed by atoms with Gasteiger partial charge in [-0.25, -0.2) is 4.79 Å². The molecule has 1 N–H and O–H groups in total. The molecule has 2 heterocycles. The maximum atomic E-state index is 12.5. The lowest BCUT2D eigenvalue weighted by Gasteiger charge is -2.43. The number of carbonyl (C=O) groups excluding carboxylic acids is 3. The smallest absolute Gasteiger partial charge is 0.335 e. The van der Waals surface area contributed by atoms with Crippen molar-refractivity contribution >= 4 is 17.8 Å². The van der Waals surface area contributed by atoms with Gasteiger partial charge in [0.25, 0.3) is 5.91 Å². The van der Waals surface area contributed by atoms with Crippen LogP contribution in [0.1, 0.15) is 13.3 Å². The average molecular weight is 299 g/mol. The molecule has 2 aliphatic heterocycles. The molecule has 8 heteroatoms. The molecule has 0 radical (unpaired) electrons. The molecule has 0 aromatic heterocycles. The molecular formula is C13H17NO7. The molecule has 0 saturated carbocycles. The minimum absolute atomic E-state index is 0.112. The molecular weight excluding hydrogens is 282 g/mol. The quantitative estimate of drug-likeness (QED) is 0.697. The highest BCUT2D eigenvalue weighted by Gasteiger charge is 2.69. The van der Waals surface area contributed by atoms with Crippen molar-refractivity contribution in [2.45, 2.75) is 19.3 Å². The second-order valence-electron chi connectivity index (χ2n) is 4.58. The minimum atomic E-state index is -1.77. The van der Waals surface area contributed by atoms with Crippen LogP contribution in [0.3, 0.4) is 0 Å². The molecule has 0 aromatic carbocycles. The average Bonchev–Trinajstić information content (AvgIpc) is 2.86. The maximum Gasteiger partial charge on any atom is 0.335 e. The zero-order valence-corrected chi connectivity index (χ0v) is 12.1. The highest BCUT2D eigenvalue weighted by molar-refractivity contribution is 6.07. The van der Waals surface area contributed by atoms with Crippen LogP contribution < -0.4 is 5.32 Å². The van der Waals surface area contributed by atoms with E-state index in [0.717, 1.165) is 6.08 Å². The van der Waals surface area contributed by atoms with E-state index in [4.69, 9.17) is 14.2 Å². The molecule has 1 fully saturated rings. The molecule has 8 nitrogen and oxygen atoms in total. The number of esters is 2. The Morgan fingerprint density at radius 1 is 1.43 bits per heavy atom. The summed E-state index contributed by atoms with van der Waals surface area (Å²) in [4.78, 5) is 36.4. The van der Waals surface area contributed by atoms with Crippen molar-refractivity contribution in [1.82, 2.24) is 5.32 Å². The summed E-state index contributed by atoms with van der Waals surface area (Å²) in [6.07, 6.45) is 1.15. The van der Waals surface area contributed by atoms with Crippen molar-refractivity contribution in [1.29, 1.82) is 0 Å². The number of rotatable bonds is 4. The predicted octanol–water partition coefficient (Wildman–Crippen LogP) is -0.514. The maximum absolute atomic E-state index is 12.5. The Hall–Kier alpha value is -1.93. The third-order valence-electron chi connectivity index (χ3n) is 3.68. The Balaban J connectivity index is 2.64. The van der Waals surface area contributed by atoms with Gasteiger partial charge in [-0.1, -0.05) is 0 Å². The fourth-order valence-corrected chi connectivity index (χ4v) is 2.77. The second kappa shape index (κ2) is 5.45. The van der Waals surface area contributed by atoms with E-state index in [1.807, 2.05) is 0 Å². The van der Waals surface area contributed by atoms with E-state index in [2.05, 4.69) is 10.1 Å². The lowest BCUT2D eigenvalue weighted by Crippen LogP contribution is -2.66. The van der Waals surface area contributed by atoms with Gasteiger partial charge in [-0.3, -0.25) is 9.59 Å². The molecule has 1 amide bonds. The number of amides is 1. The molecule has 0 spiro atoms. The Labute approximate surface area is 121 Å². The first-order valence-electron chi connectivity index (χ1n) is 6.46. The lowest BCUT2D eigenvalue weighted by molar-refractivity contribution is -0.258. The van der Waals surface area contributed by atoms with E-state index in [-0.39, 0.29) is 25.2 Å². The first kappa shape index (κ1) is 15.5. The van der Waals surface area contributed by atoms with Crippen LogP contribution in [0, 0.1) is 5.41 Å². The number of carbonyl (C=O) groups is 3. The molecule has 2 aliphatic rings. The monoisotopic (exact) mass is 299 g/mol. The summed E-state index contributed by atoms with van der Waals surface area (Å²) in [6, 6.07) is 0. The highest BCUT2D eigenvalue weighted by Crippen LogP contribution is 2.51. The van der Waals surface area contributed by atoms with E-state index in [9.17, 15) is 14.4 Å². The van der Waals surface area contributed by atoms with Gasteiger partial charge < -0.3 is 24.3 Å². The molecule has 0 aromatic rings.